The van der Waals surface area contributed by atoms with Gasteiger partial charge in [-0.1, -0.05) is 53.6 Å². The summed E-state index contributed by atoms with van der Waals surface area (Å²) >= 11 is 7.84. The molecule has 0 saturated heterocycles. The van der Waals surface area contributed by atoms with Crippen molar-refractivity contribution in [2.75, 3.05) is 25.7 Å². The van der Waals surface area contributed by atoms with E-state index in [1.54, 1.807) is 25.3 Å². The van der Waals surface area contributed by atoms with Crippen molar-refractivity contribution in [1.82, 2.24) is 4.98 Å². The Hall–Kier alpha value is -3.55. The van der Waals surface area contributed by atoms with Gasteiger partial charge in [-0.25, -0.2) is 9.88 Å². The molecule has 0 radical (unpaired) electrons. The number of para-hydroxylation sites is 2. The molecule has 4 rings (SSSR count). The maximum atomic E-state index is 14.0. The number of aromatic nitrogens is 1. The van der Waals surface area contributed by atoms with E-state index in [9.17, 15) is 4.79 Å². The van der Waals surface area contributed by atoms with Crippen molar-refractivity contribution in [2.24, 2.45) is 0 Å². The molecule has 8 heteroatoms. The molecule has 1 aromatic heterocycles. The zero-order chi connectivity index (χ0) is 24.9. The number of nitrogens with zero attached hydrogens (tertiary/aromatic N) is 2. The minimum absolute atomic E-state index is 0.286. The second kappa shape index (κ2) is 10.8. The van der Waals surface area contributed by atoms with Crippen LogP contribution in [0.3, 0.4) is 0 Å². The van der Waals surface area contributed by atoms with Crippen LogP contribution in [0.25, 0.3) is 11.3 Å². The third kappa shape index (κ3) is 5.11. The second-order valence-corrected chi connectivity index (χ2v) is 8.86. The maximum absolute atomic E-state index is 14.0. The number of methoxy groups -OCH3 is 2. The normalized spacial score (nSPS) is 10.7. The maximum Gasteiger partial charge on any atom is 0.264 e. The standard InChI is InChI=1S/C27H25ClN2O4S/c1-5-34-25-20(28)14-19(15-24(25)33-4)26(31)30(22-8-6-7-9-23(22)32-3)27-29-21(16-35-27)18-12-10-17(2)11-13-18/h6-16H,5H2,1-4H3. The first-order valence-corrected chi connectivity index (χ1v) is 12.2. The highest BCUT2D eigenvalue weighted by Gasteiger charge is 2.27. The van der Waals surface area contributed by atoms with Gasteiger partial charge in [0.05, 0.1) is 37.2 Å². The number of benzene rings is 3. The molecule has 1 heterocycles. The Morgan fingerprint density at radius 3 is 2.43 bits per heavy atom. The zero-order valence-corrected chi connectivity index (χ0v) is 21.4. The fraction of sp³-hybridized carbons (Fsp3) is 0.185. The van der Waals surface area contributed by atoms with Gasteiger partial charge in [0.15, 0.2) is 16.6 Å². The first-order chi connectivity index (χ1) is 17.0. The van der Waals surface area contributed by atoms with Gasteiger partial charge in [-0.15, -0.1) is 11.3 Å². The molecule has 0 unspecified atom stereocenters. The van der Waals surface area contributed by atoms with Gasteiger partial charge < -0.3 is 14.2 Å². The number of carbonyl (C=O) groups is 1. The summed E-state index contributed by atoms with van der Waals surface area (Å²) in [5, 5.41) is 2.72. The number of carbonyl (C=O) groups excluding carboxylic acids is 1. The lowest BCUT2D eigenvalue weighted by Crippen LogP contribution is -2.26. The largest absolute Gasteiger partial charge is 0.495 e. The van der Waals surface area contributed by atoms with E-state index in [2.05, 4.69) is 0 Å². The molecule has 0 fully saturated rings. The van der Waals surface area contributed by atoms with E-state index < -0.39 is 0 Å². The molecule has 180 valence electrons. The van der Waals surface area contributed by atoms with Crippen molar-refractivity contribution in [1.29, 1.82) is 0 Å². The number of halogens is 1. The van der Waals surface area contributed by atoms with Gasteiger partial charge in [-0.2, -0.15) is 0 Å². The van der Waals surface area contributed by atoms with Gasteiger partial charge in [0, 0.05) is 16.5 Å². The summed E-state index contributed by atoms with van der Waals surface area (Å²) in [6.07, 6.45) is 0. The van der Waals surface area contributed by atoms with E-state index in [0.29, 0.717) is 40.2 Å². The molecule has 0 spiro atoms. The van der Waals surface area contributed by atoms with Crippen LogP contribution >= 0.6 is 22.9 Å². The molecule has 0 saturated carbocycles. The quantitative estimate of drug-likeness (QED) is 0.252. The summed E-state index contributed by atoms with van der Waals surface area (Å²) in [5.41, 5.74) is 3.80. The van der Waals surface area contributed by atoms with Crippen molar-refractivity contribution >= 4 is 39.7 Å². The number of hydrogen-bond donors (Lipinski definition) is 0. The molecular formula is C27H25ClN2O4S. The fourth-order valence-corrected chi connectivity index (χ4v) is 4.70. The fourth-order valence-electron chi connectivity index (χ4n) is 3.59. The average Bonchev–Trinajstić information content (AvgIpc) is 3.35. The predicted molar refractivity (Wildman–Crippen MR) is 141 cm³/mol. The van der Waals surface area contributed by atoms with Crippen LogP contribution in [0.1, 0.15) is 22.8 Å². The summed E-state index contributed by atoms with van der Waals surface area (Å²) in [5.74, 6) is 0.981. The molecule has 4 aromatic rings. The third-order valence-electron chi connectivity index (χ3n) is 5.32. The van der Waals surface area contributed by atoms with Crippen molar-refractivity contribution in [2.45, 2.75) is 13.8 Å². The minimum Gasteiger partial charge on any atom is -0.495 e. The Labute approximate surface area is 213 Å². The van der Waals surface area contributed by atoms with Crippen LogP contribution in [0, 0.1) is 6.92 Å². The van der Waals surface area contributed by atoms with Crippen molar-refractivity contribution in [3.63, 3.8) is 0 Å². The molecule has 0 N–H and O–H groups in total. The summed E-state index contributed by atoms with van der Waals surface area (Å²) < 4.78 is 16.6. The second-order valence-electron chi connectivity index (χ2n) is 7.62. The number of hydrogen-bond acceptors (Lipinski definition) is 6. The monoisotopic (exact) mass is 508 g/mol. The minimum atomic E-state index is -0.331. The molecule has 0 atom stereocenters. The van der Waals surface area contributed by atoms with Crippen LogP contribution in [0.15, 0.2) is 66.0 Å². The Balaban J connectivity index is 1.83. The predicted octanol–water partition coefficient (Wildman–Crippen LogP) is 7.17. The molecule has 35 heavy (non-hydrogen) atoms. The highest BCUT2D eigenvalue weighted by atomic mass is 35.5. The van der Waals surface area contributed by atoms with Crippen LogP contribution in [-0.4, -0.2) is 31.7 Å². The third-order valence-corrected chi connectivity index (χ3v) is 6.43. The van der Waals surface area contributed by atoms with E-state index in [4.69, 9.17) is 30.8 Å². The van der Waals surface area contributed by atoms with Gasteiger partial charge in [-0.05, 0) is 38.1 Å². The molecule has 6 nitrogen and oxygen atoms in total. The van der Waals surface area contributed by atoms with Crippen molar-refractivity contribution in [3.05, 3.63) is 82.2 Å². The topological polar surface area (TPSA) is 60.9 Å². The van der Waals surface area contributed by atoms with Gasteiger partial charge in [-0.3, -0.25) is 4.79 Å². The highest BCUT2D eigenvalue weighted by molar-refractivity contribution is 7.14. The number of anilines is 2. The van der Waals surface area contributed by atoms with Crippen LogP contribution < -0.4 is 19.1 Å². The average molecular weight is 509 g/mol. The Morgan fingerprint density at radius 1 is 1.03 bits per heavy atom. The van der Waals surface area contributed by atoms with E-state index in [-0.39, 0.29) is 10.9 Å². The summed E-state index contributed by atoms with van der Waals surface area (Å²) in [6.45, 7) is 4.30. The number of ether oxygens (including phenoxy) is 3. The van der Waals surface area contributed by atoms with Gasteiger partial charge in [0.25, 0.3) is 5.91 Å². The lowest BCUT2D eigenvalue weighted by Gasteiger charge is -2.23. The van der Waals surface area contributed by atoms with Crippen molar-refractivity contribution < 1.29 is 19.0 Å². The van der Waals surface area contributed by atoms with Crippen LogP contribution in [0.4, 0.5) is 10.8 Å². The molecule has 0 aliphatic rings. The summed E-state index contributed by atoms with van der Waals surface area (Å²) in [7, 11) is 3.08. The van der Waals surface area contributed by atoms with Crippen molar-refractivity contribution in [3.8, 4) is 28.5 Å². The Bertz CT molecular complexity index is 1340. The van der Waals surface area contributed by atoms with E-state index >= 15 is 0 Å². The molecular weight excluding hydrogens is 484 g/mol. The summed E-state index contributed by atoms with van der Waals surface area (Å²) in [6, 6.07) is 18.6. The molecule has 1 amide bonds. The lowest BCUT2D eigenvalue weighted by molar-refractivity contribution is 0.0998. The van der Waals surface area contributed by atoms with Gasteiger partial charge in [0.1, 0.15) is 5.75 Å². The first-order valence-electron chi connectivity index (χ1n) is 11.0. The lowest BCUT2D eigenvalue weighted by atomic mass is 10.1. The van der Waals surface area contributed by atoms with E-state index in [1.807, 2.05) is 61.7 Å². The first kappa shape index (κ1) is 24.6. The highest BCUT2D eigenvalue weighted by Crippen LogP contribution is 2.41. The number of rotatable bonds is 8. The molecule has 0 bridgehead atoms. The molecule has 0 aliphatic heterocycles. The summed E-state index contributed by atoms with van der Waals surface area (Å²) in [4.78, 5) is 20.3. The van der Waals surface area contributed by atoms with Crippen LogP contribution in [-0.2, 0) is 0 Å². The van der Waals surface area contributed by atoms with Gasteiger partial charge in [0.2, 0.25) is 0 Å². The van der Waals surface area contributed by atoms with Gasteiger partial charge >= 0.3 is 0 Å². The number of aryl methyl sites for hydroxylation is 1. The number of thiazole rings is 1. The number of amides is 1. The van der Waals surface area contributed by atoms with E-state index in [1.165, 1.54) is 23.3 Å². The smallest absolute Gasteiger partial charge is 0.264 e. The van der Waals surface area contributed by atoms with Crippen LogP contribution in [0.2, 0.25) is 5.02 Å². The SMILES string of the molecule is CCOc1c(Cl)cc(C(=O)N(c2nc(-c3ccc(C)cc3)cs2)c2ccccc2OC)cc1OC. The van der Waals surface area contributed by atoms with Crippen LogP contribution in [0.5, 0.6) is 17.2 Å². The van der Waals surface area contributed by atoms with E-state index in [0.717, 1.165) is 16.8 Å². The molecule has 3 aromatic carbocycles. The Morgan fingerprint density at radius 2 is 1.74 bits per heavy atom. The zero-order valence-electron chi connectivity index (χ0n) is 19.9. The Kier molecular flexibility index (Phi) is 7.58. The molecule has 0 aliphatic carbocycles.